The van der Waals surface area contributed by atoms with Crippen LogP contribution in [0.1, 0.15) is 16.6 Å². The number of nitrogens with zero attached hydrogens (tertiary/aromatic N) is 1. The van der Waals surface area contributed by atoms with Crippen molar-refractivity contribution in [2.24, 2.45) is 0 Å². The highest BCUT2D eigenvalue weighted by Crippen LogP contribution is 2.31. The molecule has 2 nitrogen and oxygen atoms in total. The third-order valence-electron chi connectivity index (χ3n) is 2.43. The summed E-state index contributed by atoms with van der Waals surface area (Å²) in [5.74, 6) is -0.256. The van der Waals surface area contributed by atoms with Gasteiger partial charge in [0.1, 0.15) is 5.82 Å². The summed E-state index contributed by atoms with van der Waals surface area (Å²) in [5.41, 5.74) is 0.798. The number of aldehydes is 1. The van der Waals surface area contributed by atoms with E-state index < -0.39 is 0 Å². The van der Waals surface area contributed by atoms with Gasteiger partial charge in [-0.15, -0.1) is 11.3 Å². The van der Waals surface area contributed by atoms with Crippen molar-refractivity contribution in [1.29, 1.82) is 0 Å². The van der Waals surface area contributed by atoms with Gasteiger partial charge in [0.15, 0.2) is 6.29 Å². The van der Waals surface area contributed by atoms with Gasteiger partial charge >= 0.3 is 0 Å². The van der Waals surface area contributed by atoms with Gasteiger partial charge < -0.3 is 4.90 Å². The Labute approximate surface area is 103 Å². The number of carbonyl (C=O) groups is 1. The number of hydrogen-bond donors (Lipinski definition) is 0. The molecule has 0 radical (unpaired) electrons. The number of carbonyl (C=O) groups excluding carboxylic acids is 1. The van der Waals surface area contributed by atoms with Crippen LogP contribution >= 0.6 is 11.3 Å². The first-order valence-corrected chi connectivity index (χ1v) is 6.14. The Morgan fingerprint density at radius 3 is 2.76 bits per heavy atom. The van der Waals surface area contributed by atoms with Crippen molar-refractivity contribution in [3.05, 3.63) is 47.1 Å². The Bertz CT molecular complexity index is 524. The van der Waals surface area contributed by atoms with E-state index in [1.54, 1.807) is 12.1 Å². The molecule has 0 aliphatic carbocycles. The fraction of sp³-hybridized carbons (Fsp3) is 0.154. The van der Waals surface area contributed by atoms with Crippen molar-refractivity contribution in [2.45, 2.75) is 6.92 Å². The number of rotatable bonds is 4. The van der Waals surface area contributed by atoms with Gasteiger partial charge in [0, 0.05) is 12.2 Å². The Morgan fingerprint density at radius 2 is 2.18 bits per heavy atom. The van der Waals surface area contributed by atoms with Gasteiger partial charge in [-0.05, 0) is 37.3 Å². The summed E-state index contributed by atoms with van der Waals surface area (Å²) in [4.78, 5) is 13.3. The zero-order chi connectivity index (χ0) is 12.3. The molecule has 0 bridgehead atoms. The van der Waals surface area contributed by atoms with Crippen LogP contribution in [0, 0.1) is 5.82 Å². The molecule has 0 amide bonds. The van der Waals surface area contributed by atoms with Crippen LogP contribution in [0.3, 0.4) is 0 Å². The third kappa shape index (κ3) is 2.53. The van der Waals surface area contributed by atoms with Crippen LogP contribution < -0.4 is 4.90 Å². The maximum absolute atomic E-state index is 13.2. The van der Waals surface area contributed by atoms with E-state index >= 15 is 0 Å². The van der Waals surface area contributed by atoms with E-state index in [1.807, 2.05) is 24.0 Å². The first-order chi connectivity index (χ1) is 8.24. The molecule has 2 rings (SSSR count). The molecule has 0 unspecified atom stereocenters. The number of benzene rings is 1. The van der Waals surface area contributed by atoms with Crippen molar-refractivity contribution < 1.29 is 9.18 Å². The van der Waals surface area contributed by atoms with Gasteiger partial charge in [-0.25, -0.2) is 4.39 Å². The first-order valence-electron chi connectivity index (χ1n) is 5.32. The van der Waals surface area contributed by atoms with Crippen LogP contribution in [0.15, 0.2) is 36.4 Å². The Hall–Kier alpha value is -1.68. The highest BCUT2D eigenvalue weighted by Gasteiger charge is 2.10. The van der Waals surface area contributed by atoms with Crippen LogP contribution in [-0.2, 0) is 0 Å². The second-order valence-corrected chi connectivity index (χ2v) is 4.61. The van der Waals surface area contributed by atoms with Crippen LogP contribution in [0.4, 0.5) is 15.1 Å². The van der Waals surface area contributed by atoms with E-state index in [2.05, 4.69) is 0 Å². The van der Waals surface area contributed by atoms with E-state index in [9.17, 15) is 9.18 Å². The summed E-state index contributed by atoms with van der Waals surface area (Å²) >= 11 is 1.40. The van der Waals surface area contributed by atoms with E-state index in [0.29, 0.717) is 4.88 Å². The maximum Gasteiger partial charge on any atom is 0.160 e. The van der Waals surface area contributed by atoms with Crippen LogP contribution in [-0.4, -0.2) is 12.8 Å². The molecule has 0 aliphatic rings. The lowest BCUT2D eigenvalue weighted by Crippen LogP contribution is -2.14. The summed E-state index contributed by atoms with van der Waals surface area (Å²) in [6.07, 6.45) is 0.827. The average molecular weight is 249 g/mol. The van der Waals surface area contributed by atoms with Crippen LogP contribution in [0.5, 0.6) is 0 Å². The Kier molecular flexibility index (Phi) is 3.54. The predicted octanol–water partition coefficient (Wildman–Crippen LogP) is 3.86. The van der Waals surface area contributed by atoms with Gasteiger partial charge in [-0.3, -0.25) is 4.79 Å². The van der Waals surface area contributed by atoms with E-state index in [4.69, 9.17) is 0 Å². The second-order valence-electron chi connectivity index (χ2n) is 3.52. The van der Waals surface area contributed by atoms with Crippen LogP contribution in [0.2, 0.25) is 0 Å². The van der Waals surface area contributed by atoms with Crippen molar-refractivity contribution in [3.63, 3.8) is 0 Å². The minimum atomic E-state index is -0.256. The summed E-state index contributed by atoms with van der Waals surface area (Å²) in [6, 6.07) is 10.1. The molecule has 0 atom stereocenters. The second kappa shape index (κ2) is 5.10. The fourth-order valence-electron chi connectivity index (χ4n) is 1.66. The van der Waals surface area contributed by atoms with Gasteiger partial charge in [0.2, 0.25) is 0 Å². The van der Waals surface area contributed by atoms with E-state index in [1.165, 1.54) is 23.5 Å². The molecule has 4 heteroatoms. The molecule has 0 saturated carbocycles. The van der Waals surface area contributed by atoms with Crippen LogP contribution in [0.25, 0.3) is 0 Å². The largest absolute Gasteiger partial charge is 0.333 e. The molecular weight excluding hydrogens is 237 g/mol. The van der Waals surface area contributed by atoms with Gasteiger partial charge in [0.25, 0.3) is 0 Å². The molecule has 0 spiro atoms. The number of thiophene rings is 1. The molecule has 0 saturated heterocycles. The molecule has 88 valence electrons. The zero-order valence-corrected chi connectivity index (χ0v) is 10.2. The highest BCUT2D eigenvalue weighted by atomic mass is 32.1. The Balaban J connectivity index is 2.36. The lowest BCUT2D eigenvalue weighted by Gasteiger charge is -2.21. The maximum atomic E-state index is 13.2. The lowest BCUT2D eigenvalue weighted by molar-refractivity contribution is 0.112. The molecule has 17 heavy (non-hydrogen) atoms. The summed E-state index contributed by atoms with van der Waals surface area (Å²) < 4.78 is 13.2. The van der Waals surface area contributed by atoms with Crippen molar-refractivity contribution in [2.75, 3.05) is 11.4 Å². The molecule has 1 heterocycles. The van der Waals surface area contributed by atoms with E-state index in [-0.39, 0.29) is 5.82 Å². The number of anilines is 2. The quantitative estimate of drug-likeness (QED) is 0.767. The zero-order valence-electron chi connectivity index (χ0n) is 9.39. The highest BCUT2D eigenvalue weighted by molar-refractivity contribution is 7.17. The Morgan fingerprint density at radius 1 is 1.35 bits per heavy atom. The SMILES string of the molecule is CCN(c1cccc(F)c1)c1ccc(C=O)s1. The van der Waals surface area contributed by atoms with Gasteiger partial charge in [-0.1, -0.05) is 6.07 Å². The van der Waals surface area contributed by atoms with E-state index in [0.717, 1.165) is 23.5 Å². The fourth-order valence-corrected chi connectivity index (χ4v) is 2.57. The first kappa shape index (κ1) is 11.8. The third-order valence-corrected chi connectivity index (χ3v) is 3.46. The minimum absolute atomic E-state index is 0.256. The molecule has 0 fully saturated rings. The molecular formula is C13H12FNOS. The number of hydrogen-bond acceptors (Lipinski definition) is 3. The predicted molar refractivity (Wildman–Crippen MR) is 68.8 cm³/mol. The minimum Gasteiger partial charge on any atom is -0.333 e. The molecule has 0 aliphatic heterocycles. The van der Waals surface area contributed by atoms with Crippen molar-refractivity contribution >= 4 is 28.3 Å². The summed E-state index contributed by atoms with van der Waals surface area (Å²) in [5, 5.41) is 0.945. The average Bonchev–Trinajstić information content (AvgIpc) is 2.79. The van der Waals surface area contributed by atoms with Gasteiger partial charge in [-0.2, -0.15) is 0 Å². The topological polar surface area (TPSA) is 20.3 Å². The summed E-state index contributed by atoms with van der Waals surface area (Å²) in [7, 11) is 0. The molecule has 1 aromatic heterocycles. The summed E-state index contributed by atoms with van der Waals surface area (Å²) in [6.45, 7) is 2.72. The molecule has 1 aromatic carbocycles. The smallest absolute Gasteiger partial charge is 0.160 e. The van der Waals surface area contributed by atoms with Crippen molar-refractivity contribution in [1.82, 2.24) is 0 Å². The monoisotopic (exact) mass is 249 g/mol. The standard InChI is InChI=1S/C13H12FNOS/c1-2-15(11-5-3-4-10(14)8-11)13-7-6-12(9-16)17-13/h3-9H,2H2,1H3. The molecule has 0 N–H and O–H groups in total. The normalized spacial score (nSPS) is 10.2. The number of halogens is 1. The van der Waals surface area contributed by atoms with Crippen molar-refractivity contribution in [3.8, 4) is 0 Å². The molecule has 2 aromatic rings. The lowest BCUT2D eigenvalue weighted by atomic mass is 10.3. The van der Waals surface area contributed by atoms with Gasteiger partial charge in [0.05, 0.1) is 9.88 Å².